The second-order valence-electron chi connectivity index (χ2n) is 4.94. The Bertz CT molecular complexity index is 680. The van der Waals surface area contributed by atoms with E-state index in [1.807, 2.05) is 0 Å². The van der Waals surface area contributed by atoms with Crippen LogP contribution >= 0.6 is 11.6 Å². The molecule has 0 atom stereocenters. The zero-order valence-electron chi connectivity index (χ0n) is 12.3. The van der Waals surface area contributed by atoms with Gasteiger partial charge >= 0.3 is 6.18 Å². The molecule has 0 amide bonds. The number of anilines is 2. The summed E-state index contributed by atoms with van der Waals surface area (Å²) in [4.78, 5) is 11.4. The van der Waals surface area contributed by atoms with Crippen LogP contribution in [0.2, 0.25) is 5.02 Å². The van der Waals surface area contributed by atoms with Gasteiger partial charge in [-0.1, -0.05) is 11.6 Å². The fraction of sp³-hybridized carbons (Fsp3) is 0.417. The van der Waals surface area contributed by atoms with Crippen LogP contribution in [0.4, 0.5) is 25.1 Å². The molecule has 0 bridgehead atoms. The maximum Gasteiger partial charge on any atom is 0.417 e. The Morgan fingerprint density at radius 1 is 1.14 bits per heavy atom. The molecule has 0 aliphatic heterocycles. The summed E-state index contributed by atoms with van der Waals surface area (Å²) in [6.45, 7) is 0. The monoisotopic (exact) mass is 334 g/mol. The van der Waals surface area contributed by atoms with Gasteiger partial charge in [-0.3, -0.25) is 0 Å². The minimum absolute atomic E-state index is 0.0824. The Hall–Kier alpha value is -2.03. The molecule has 0 spiro atoms. The molecule has 0 saturated heterocycles. The van der Waals surface area contributed by atoms with Crippen molar-refractivity contribution in [1.29, 1.82) is 0 Å². The minimum atomic E-state index is -4.50. The second kappa shape index (κ2) is 5.64. The van der Waals surface area contributed by atoms with Crippen molar-refractivity contribution in [3.63, 3.8) is 0 Å². The van der Waals surface area contributed by atoms with E-state index in [1.165, 1.54) is 4.68 Å². The summed E-state index contributed by atoms with van der Waals surface area (Å²) in [5.74, 6) is 0.873. The lowest BCUT2D eigenvalue weighted by Gasteiger charge is -2.13. The molecule has 0 radical (unpaired) electrons. The first-order chi connectivity index (χ1) is 10.1. The third-order valence-electron chi connectivity index (χ3n) is 2.73. The van der Waals surface area contributed by atoms with Gasteiger partial charge in [-0.2, -0.15) is 22.8 Å². The minimum Gasteiger partial charge on any atom is -0.347 e. The van der Waals surface area contributed by atoms with Gasteiger partial charge in [-0.25, -0.2) is 4.98 Å². The van der Waals surface area contributed by atoms with Crippen LogP contribution < -0.4 is 9.80 Å². The highest BCUT2D eigenvalue weighted by atomic mass is 35.5. The van der Waals surface area contributed by atoms with Crippen molar-refractivity contribution in [2.75, 3.05) is 38.0 Å². The van der Waals surface area contributed by atoms with Crippen LogP contribution in [0.15, 0.2) is 12.3 Å². The average molecular weight is 335 g/mol. The van der Waals surface area contributed by atoms with Gasteiger partial charge in [0.2, 0.25) is 11.9 Å². The van der Waals surface area contributed by atoms with E-state index < -0.39 is 11.7 Å². The SMILES string of the molecule is CN(C)c1nc(N(C)C)n(-c2ncc(C(F)(F)F)cc2Cl)n1. The molecule has 2 aromatic rings. The Labute approximate surface area is 130 Å². The number of halogens is 4. The third-order valence-corrected chi connectivity index (χ3v) is 3.01. The summed E-state index contributed by atoms with van der Waals surface area (Å²) in [6, 6.07) is 0.820. The smallest absolute Gasteiger partial charge is 0.347 e. The van der Waals surface area contributed by atoms with Crippen LogP contribution in [0, 0.1) is 0 Å². The molecule has 0 aliphatic rings. The highest BCUT2D eigenvalue weighted by Crippen LogP contribution is 2.32. The molecule has 2 heterocycles. The number of nitrogens with zero attached hydrogens (tertiary/aromatic N) is 6. The summed E-state index contributed by atoms with van der Waals surface area (Å²) in [7, 11) is 6.97. The van der Waals surface area contributed by atoms with E-state index in [2.05, 4.69) is 15.1 Å². The first kappa shape index (κ1) is 16.3. The van der Waals surface area contributed by atoms with Crippen molar-refractivity contribution < 1.29 is 13.2 Å². The van der Waals surface area contributed by atoms with E-state index in [1.54, 1.807) is 38.0 Å². The van der Waals surface area contributed by atoms with E-state index in [9.17, 15) is 13.2 Å². The molecule has 0 aliphatic carbocycles. The van der Waals surface area contributed by atoms with Gasteiger partial charge in [-0.05, 0) is 6.07 Å². The molecule has 22 heavy (non-hydrogen) atoms. The van der Waals surface area contributed by atoms with Gasteiger partial charge < -0.3 is 9.80 Å². The lowest BCUT2D eigenvalue weighted by Crippen LogP contribution is -2.16. The van der Waals surface area contributed by atoms with Gasteiger partial charge in [0.25, 0.3) is 0 Å². The predicted molar refractivity (Wildman–Crippen MR) is 77.8 cm³/mol. The van der Waals surface area contributed by atoms with E-state index >= 15 is 0 Å². The normalized spacial score (nSPS) is 11.6. The van der Waals surface area contributed by atoms with Crippen LogP contribution in [-0.2, 0) is 6.18 Å². The summed E-state index contributed by atoms with van der Waals surface area (Å²) in [5.41, 5.74) is -0.916. The van der Waals surface area contributed by atoms with Gasteiger partial charge in [0.15, 0.2) is 5.82 Å². The van der Waals surface area contributed by atoms with E-state index in [0.717, 1.165) is 12.3 Å². The van der Waals surface area contributed by atoms with E-state index in [-0.39, 0.29) is 10.8 Å². The zero-order valence-corrected chi connectivity index (χ0v) is 13.1. The number of pyridine rings is 1. The van der Waals surface area contributed by atoms with Crippen LogP contribution in [0.3, 0.4) is 0 Å². The topological polar surface area (TPSA) is 50.1 Å². The molecule has 2 aromatic heterocycles. The van der Waals surface area contributed by atoms with Crippen molar-refractivity contribution >= 4 is 23.5 Å². The molecule has 120 valence electrons. The van der Waals surface area contributed by atoms with Crippen LogP contribution in [0.1, 0.15) is 5.56 Å². The Morgan fingerprint density at radius 3 is 2.23 bits per heavy atom. The zero-order chi connectivity index (χ0) is 16.7. The van der Waals surface area contributed by atoms with Crippen molar-refractivity contribution in [3.05, 3.63) is 22.8 Å². The molecular formula is C12H14ClF3N6. The molecule has 6 nitrogen and oxygen atoms in total. The number of alkyl halides is 3. The summed E-state index contributed by atoms with van der Waals surface area (Å²) >= 11 is 5.95. The first-order valence-corrected chi connectivity index (χ1v) is 6.54. The number of hydrogen-bond donors (Lipinski definition) is 0. The largest absolute Gasteiger partial charge is 0.417 e. The van der Waals surface area contributed by atoms with Gasteiger partial charge in [-0.15, -0.1) is 5.10 Å². The molecule has 0 unspecified atom stereocenters. The van der Waals surface area contributed by atoms with Crippen LogP contribution in [0.5, 0.6) is 0 Å². The van der Waals surface area contributed by atoms with E-state index in [4.69, 9.17) is 11.6 Å². The van der Waals surface area contributed by atoms with Gasteiger partial charge in [0, 0.05) is 34.4 Å². The fourth-order valence-electron chi connectivity index (χ4n) is 1.66. The third kappa shape index (κ3) is 3.08. The van der Waals surface area contributed by atoms with Crippen LogP contribution in [-0.4, -0.2) is 47.9 Å². The lowest BCUT2D eigenvalue weighted by molar-refractivity contribution is -0.137. The molecule has 2 rings (SSSR count). The molecular weight excluding hydrogens is 321 g/mol. The number of aromatic nitrogens is 4. The fourth-order valence-corrected chi connectivity index (χ4v) is 1.90. The van der Waals surface area contributed by atoms with Gasteiger partial charge in [0.1, 0.15) is 0 Å². The van der Waals surface area contributed by atoms with Crippen molar-refractivity contribution in [3.8, 4) is 5.82 Å². The van der Waals surface area contributed by atoms with Crippen molar-refractivity contribution in [2.45, 2.75) is 6.18 Å². The predicted octanol–water partition coefficient (Wildman–Crippen LogP) is 2.47. The average Bonchev–Trinajstić information content (AvgIpc) is 2.82. The molecule has 0 fully saturated rings. The first-order valence-electron chi connectivity index (χ1n) is 6.16. The Morgan fingerprint density at radius 2 is 1.77 bits per heavy atom. The van der Waals surface area contributed by atoms with Crippen LogP contribution in [0.25, 0.3) is 5.82 Å². The maximum atomic E-state index is 12.7. The summed E-state index contributed by atoms with van der Waals surface area (Å²) in [6.07, 6.45) is -3.78. The quantitative estimate of drug-likeness (QED) is 0.863. The highest BCUT2D eigenvalue weighted by Gasteiger charge is 2.32. The molecule has 0 aromatic carbocycles. The molecule has 10 heteroatoms. The van der Waals surface area contributed by atoms with Crippen molar-refractivity contribution in [2.24, 2.45) is 0 Å². The maximum absolute atomic E-state index is 12.7. The number of hydrogen-bond acceptors (Lipinski definition) is 5. The summed E-state index contributed by atoms with van der Waals surface area (Å²) < 4.78 is 39.3. The second-order valence-corrected chi connectivity index (χ2v) is 5.35. The Balaban J connectivity index is 2.56. The van der Waals surface area contributed by atoms with Crippen molar-refractivity contribution in [1.82, 2.24) is 19.7 Å². The standard InChI is InChI=1S/C12H14ClF3N6/c1-20(2)10-18-11(21(3)4)22(19-10)9-8(13)5-7(6-17-9)12(14,15)16/h5-6H,1-4H3. The van der Waals surface area contributed by atoms with Gasteiger partial charge in [0.05, 0.1) is 10.6 Å². The summed E-state index contributed by atoms with van der Waals surface area (Å²) in [5, 5.41) is 4.06. The lowest BCUT2D eigenvalue weighted by atomic mass is 10.3. The molecule has 0 N–H and O–H groups in total. The van der Waals surface area contributed by atoms with E-state index in [0.29, 0.717) is 11.9 Å². The number of rotatable bonds is 3. The Kier molecular flexibility index (Phi) is 4.19. The molecule has 0 saturated carbocycles. The highest BCUT2D eigenvalue weighted by molar-refractivity contribution is 6.32.